The van der Waals surface area contributed by atoms with E-state index in [1.54, 1.807) is 21.3 Å². The Hall–Kier alpha value is -0.400. The second-order valence-electron chi connectivity index (χ2n) is 12.1. The molecule has 0 aromatic heterocycles. The van der Waals surface area contributed by atoms with Gasteiger partial charge in [0.05, 0.1) is 31.0 Å². The highest BCUT2D eigenvalue weighted by molar-refractivity contribution is 5.39. The normalized spacial score (nSPS) is 62.4. The summed E-state index contributed by atoms with van der Waals surface area (Å²) < 4.78 is 23.7. The van der Waals surface area contributed by atoms with Crippen molar-refractivity contribution in [2.45, 2.75) is 73.6 Å². The molecule has 0 aromatic rings. The molecule has 5 N–H and O–H groups in total. The van der Waals surface area contributed by atoms with E-state index in [-0.39, 0.29) is 18.4 Å². The topological polar surface area (TPSA) is 141 Å². The van der Waals surface area contributed by atoms with Gasteiger partial charge in [-0.3, -0.25) is 4.90 Å². The van der Waals surface area contributed by atoms with Crippen LogP contribution in [-0.4, -0.2) is 132 Å². The van der Waals surface area contributed by atoms with Gasteiger partial charge in [-0.1, -0.05) is 6.92 Å². The number of aliphatic hydroxyl groups excluding tert-OH is 3. The summed E-state index contributed by atoms with van der Waals surface area (Å²) in [7, 11) is 6.29. The largest absolute Gasteiger partial charge is 0.392 e. The molecule has 1 heterocycles. The van der Waals surface area contributed by atoms with Gasteiger partial charge in [0.1, 0.15) is 23.4 Å². The number of nitrogens with zero attached hydrogens (tertiary/aromatic N) is 1. The lowest BCUT2D eigenvalue weighted by Crippen LogP contribution is -2.81. The summed E-state index contributed by atoms with van der Waals surface area (Å²) in [6.45, 7) is 3.58. The monoisotopic (exact) mass is 499 g/mol. The predicted octanol–water partition coefficient (Wildman–Crippen LogP) is -1.79. The smallest absolute Gasteiger partial charge is 0.120 e. The van der Waals surface area contributed by atoms with Gasteiger partial charge in [0.25, 0.3) is 0 Å². The lowest BCUT2D eigenvalue weighted by atomic mass is 9.42. The van der Waals surface area contributed by atoms with Crippen LogP contribution >= 0.6 is 0 Å². The highest BCUT2D eigenvalue weighted by atomic mass is 16.5. The number of piperidine rings is 1. The Bertz CT molecular complexity index is 878. The second-order valence-corrected chi connectivity index (χ2v) is 12.1. The average Bonchev–Trinajstić information content (AvgIpc) is 3.19. The van der Waals surface area contributed by atoms with Crippen LogP contribution in [0.25, 0.3) is 0 Å². The van der Waals surface area contributed by atoms with E-state index >= 15 is 0 Å². The Balaban J connectivity index is 1.68. The standard InChI is InChI=1S/C25H41NO9/c1-6-26-9-22(10-32-2)12(27)7-13(33-3)24-11-8-23(30)19(28)14(11)25(31,20(29)21(23)35-5)15(18(24)26)16(34-4)17(22)24/h11-21,27-31H,6-10H2,1-5H3/t11-,12+,13-,14+,15-,16-,17+,18-,19+,20-,21-,22-,23+,24-,25+/m0/s1. The molecule has 5 aliphatic carbocycles. The fourth-order valence-corrected chi connectivity index (χ4v) is 11.0. The Kier molecular flexibility index (Phi) is 5.40. The molecule has 6 rings (SSSR count). The van der Waals surface area contributed by atoms with E-state index in [9.17, 15) is 25.5 Å². The van der Waals surface area contributed by atoms with Gasteiger partial charge in [-0.25, -0.2) is 0 Å². The summed E-state index contributed by atoms with van der Waals surface area (Å²) in [6, 6.07) is -0.240. The molecule has 6 fully saturated rings. The van der Waals surface area contributed by atoms with Crippen LogP contribution in [0.5, 0.6) is 0 Å². The van der Waals surface area contributed by atoms with Crippen LogP contribution in [0.15, 0.2) is 0 Å². The third kappa shape index (κ3) is 2.35. The van der Waals surface area contributed by atoms with Gasteiger partial charge in [-0.05, 0) is 18.9 Å². The zero-order valence-corrected chi connectivity index (χ0v) is 21.2. The molecule has 10 heteroatoms. The van der Waals surface area contributed by atoms with Gasteiger partial charge in [-0.2, -0.15) is 0 Å². The van der Waals surface area contributed by atoms with Crippen molar-refractivity contribution in [2.75, 3.05) is 48.1 Å². The van der Waals surface area contributed by atoms with Crippen molar-refractivity contribution in [2.24, 2.45) is 34.5 Å². The first-order valence-electron chi connectivity index (χ1n) is 12.9. The molecule has 0 aromatic carbocycles. The van der Waals surface area contributed by atoms with Crippen LogP contribution in [-0.2, 0) is 18.9 Å². The maximum Gasteiger partial charge on any atom is 0.120 e. The first-order valence-corrected chi connectivity index (χ1v) is 12.9. The summed E-state index contributed by atoms with van der Waals surface area (Å²) in [6.07, 6.45) is -4.95. The summed E-state index contributed by atoms with van der Waals surface area (Å²) in [5, 5.41) is 59.3. The maximum absolute atomic E-state index is 12.6. The third-order valence-electron chi connectivity index (χ3n) is 11.7. The number of aliphatic hydroxyl groups is 5. The molecule has 1 aliphatic heterocycles. The van der Waals surface area contributed by atoms with Crippen LogP contribution in [0.1, 0.15) is 19.8 Å². The molecule has 35 heavy (non-hydrogen) atoms. The van der Waals surface area contributed by atoms with Crippen molar-refractivity contribution >= 4 is 0 Å². The number of fused-ring (bicyclic) bond motifs is 2. The average molecular weight is 500 g/mol. The Morgan fingerprint density at radius 3 is 2.23 bits per heavy atom. The van der Waals surface area contributed by atoms with Crippen molar-refractivity contribution in [3.05, 3.63) is 0 Å². The van der Waals surface area contributed by atoms with E-state index in [0.717, 1.165) is 0 Å². The summed E-state index contributed by atoms with van der Waals surface area (Å²) in [4.78, 5) is 2.29. The summed E-state index contributed by atoms with van der Waals surface area (Å²) >= 11 is 0. The minimum Gasteiger partial charge on any atom is -0.392 e. The molecule has 0 radical (unpaired) electrons. The molecule has 6 aliphatic rings. The quantitative estimate of drug-likeness (QED) is 0.285. The number of hydrogen-bond donors (Lipinski definition) is 5. The lowest BCUT2D eigenvalue weighted by Gasteiger charge is -2.70. The number of methoxy groups -OCH3 is 4. The van der Waals surface area contributed by atoms with E-state index in [1.807, 2.05) is 0 Å². The predicted molar refractivity (Wildman–Crippen MR) is 121 cm³/mol. The SMILES string of the molecule is CCN1C[C@]2(COC)[C@H](O)C[C@H](OC)[C@]34[C@@H]1[C@H]([C@H](OC)[C@H]23)[C@]1(O)[C@H]2[C@@H](O)[C@](O)(C[C@@H]24)[C@@H](OC)[C@@H]1O. The van der Waals surface area contributed by atoms with Gasteiger partial charge < -0.3 is 44.5 Å². The molecule has 1 saturated heterocycles. The molecule has 200 valence electrons. The number of rotatable bonds is 6. The van der Waals surface area contributed by atoms with Gasteiger partial charge >= 0.3 is 0 Å². The van der Waals surface area contributed by atoms with E-state index in [1.165, 1.54) is 7.11 Å². The molecule has 5 saturated carbocycles. The highest BCUT2D eigenvalue weighted by Crippen LogP contribution is 2.79. The maximum atomic E-state index is 12.6. The first-order chi connectivity index (χ1) is 16.6. The second kappa shape index (κ2) is 7.59. The molecular formula is C25H41NO9. The minimum absolute atomic E-state index is 0.156. The lowest BCUT2D eigenvalue weighted by molar-refractivity contribution is -0.320. The number of likely N-dealkylation sites (tertiary alicyclic amines) is 1. The third-order valence-corrected chi connectivity index (χ3v) is 11.7. The van der Waals surface area contributed by atoms with Gasteiger partial charge in [0.15, 0.2) is 0 Å². The summed E-state index contributed by atoms with van der Waals surface area (Å²) in [5.74, 6) is -2.04. The van der Waals surface area contributed by atoms with Crippen molar-refractivity contribution in [1.82, 2.24) is 4.90 Å². The van der Waals surface area contributed by atoms with E-state index in [4.69, 9.17) is 18.9 Å². The van der Waals surface area contributed by atoms with Gasteiger partial charge in [-0.15, -0.1) is 0 Å². The van der Waals surface area contributed by atoms with Crippen molar-refractivity contribution < 1.29 is 44.5 Å². The van der Waals surface area contributed by atoms with E-state index in [0.29, 0.717) is 26.1 Å². The Morgan fingerprint density at radius 2 is 1.66 bits per heavy atom. The van der Waals surface area contributed by atoms with Crippen molar-refractivity contribution in [1.29, 1.82) is 0 Å². The molecule has 7 bridgehead atoms. The number of hydrogen-bond acceptors (Lipinski definition) is 10. The molecule has 1 spiro atoms. The zero-order chi connectivity index (χ0) is 25.3. The zero-order valence-electron chi connectivity index (χ0n) is 21.2. The minimum atomic E-state index is -1.76. The Labute approximate surface area is 206 Å². The summed E-state index contributed by atoms with van der Waals surface area (Å²) in [5.41, 5.74) is -4.81. The highest BCUT2D eigenvalue weighted by Gasteiger charge is 2.90. The van der Waals surface area contributed by atoms with Gasteiger partial charge in [0.2, 0.25) is 0 Å². The van der Waals surface area contributed by atoms with Crippen LogP contribution in [0, 0.1) is 34.5 Å². The Morgan fingerprint density at radius 1 is 0.943 bits per heavy atom. The fraction of sp³-hybridized carbons (Fsp3) is 1.00. The van der Waals surface area contributed by atoms with Crippen molar-refractivity contribution in [3.8, 4) is 0 Å². The van der Waals surface area contributed by atoms with Gasteiger partial charge in [0, 0.05) is 76.0 Å². The van der Waals surface area contributed by atoms with Crippen LogP contribution in [0.2, 0.25) is 0 Å². The van der Waals surface area contributed by atoms with Crippen LogP contribution in [0.3, 0.4) is 0 Å². The van der Waals surface area contributed by atoms with Crippen LogP contribution < -0.4 is 0 Å². The van der Waals surface area contributed by atoms with Crippen LogP contribution in [0.4, 0.5) is 0 Å². The van der Waals surface area contributed by atoms with E-state index in [2.05, 4.69) is 11.8 Å². The number of ether oxygens (including phenoxy) is 4. The fourth-order valence-electron chi connectivity index (χ4n) is 11.0. The van der Waals surface area contributed by atoms with Crippen molar-refractivity contribution in [3.63, 3.8) is 0 Å². The molecule has 15 atom stereocenters. The molecule has 0 unspecified atom stereocenters. The molecule has 10 nitrogen and oxygen atoms in total. The molecular weight excluding hydrogens is 458 g/mol. The molecule has 0 amide bonds. The first kappa shape index (κ1) is 24.9. The van der Waals surface area contributed by atoms with E-state index < -0.39 is 76.4 Å².